The zero-order valence-corrected chi connectivity index (χ0v) is 17.8. The molecular weight excluding hydrogens is 366 g/mol. The Morgan fingerprint density at radius 2 is 1.66 bits per heavy atom. The highest BCUT2D eigenvalue weighted by atomic mass is 16.5. The van der Waals surface area contributed by atoms with E-state index in [2.05, 4.69) is 28.1 Å². The van der Waals surface area contributed by atoms with Crippen LogP contribution in [-0.2, 0) is 11.3 Å². The fourth-order valence-electron chi connectivity index (χ4n) is 3.68. The molecule has 2 aromatic rings. The molecule has 29 heavy (non-hydrogen) atoms. The van der Waals surface area contributed by atoms with Gasteiger partial charge in [0.05, 0.1) is 20.3 Å². The third-order valence-corrected chi connectivity index (χ3v) is 5.61. The molecule has 1 aliphatic rings. The molecule has 0 unspecified atom stereocenters. The largest absolute Gasteiger partial charge is 0.493 e. The minimum absolute atomic E-state index is 0.0420. The molecule has 1 fully saturated rings. The van der Waals surface area contributed by atoms with Gasteiger partial charge in [-0.1, -0.05) is 18.2 Å². The second-order valence-electron chi connectivity index (χ2n) is 7.48. The van der Waals surface area contributed by atoms with E-state index in [9.17, 15) is 4.79 Å². The highest BCUT2D eigenvalue weighted by Crippen LogP contribution is 2.31. The van der Waals surface area contributed by atoms with Gasteiger partial charge in [-0.3, -0.25) is 14.6 Å². The molecule has 0 bridgehead atoms. The molecule has 1 atom stereocenters. The average molecular weight is 398 g/mol. The van der Waals surface area contributed by atoms with Crippen molar-refractivity contribution in [3.63, 3.8) is 0 Å². The van der Waals surface area contributed by atoms with Gasteiger partial charge in [0.25, 0.3) is 0 Å². The molecule has 1 saturated heterocycles. The van der Waals surface area contributed by atoms with Crippen LogP contribution < -0.4 is 14.8 Å². The van der Waals surface area contributed by atoms with Gasteiger partial charge in [-0.15, -0.1) is 0 Å². The highest BCUT2D eigenvalue weighted by molar-refractivity contribution is 5.94. The zero-order chi connectivity index (χ0) is 20.8. The number of anilines is 1. The van der Waals surface area contributed by atoms with Crippen molar-refractivity contribution in [3.8, 4) is 11.5 Å². The van der Waals surface area contributed by atoms with Crippen LogP contribution in [0.5, 0.6) is 11.5 Å². The Hall–Kier alpha value is -2.57. The van der Waals surface area contributed by atoms with E-state index in [4.69, 9.17) is 9.47 Å². The van der Waals surface area contributed by atoms with Gasteiger partial charge in [-0.2, -0.15) is 0 Å². The lowest BCUT2D eigenvalue weighted by molar-refractivity contribution is -0.121. The normalized spacial score (nSPS) is 16.3. The molecule has 0 aliphatic carbocycles. The smallest absolute Gasteiger partial charge is 0.241 e. The van der Waals surface area contributed by atoms with Crippen LogP contribution >= 0.6 is 0 Å². The number of carbonyl (C=O) groups excluding carboxylic acids is 1. The van der Waals surface area contributed by atoms with Crippen LogP contribution in [0, 0.1) is 6.92 Å². The van der Waals surface area contributed by atoms with Gasteiger partial charge in [0.2, 0.25) is 5.91 Å². The topological polar surface area (TPSA) is 54.0 Å². The molecule has 6 nitrogen and oxygen atoms in total. The first-order chi connectivity index (χ1) is 14.0. The zero-order valence-electron chi connectivity index (χ0n) is 17.8. The SMILES string of the molecule is COc1cc(C)c(CN2CCN([C@H](C)C(=O)Nc3ccccc3)CC2)cc1OC. The number of benzene rings is 2. The number of rotatable bonds is 7. The second kappa shape index (κ2) is 9.76. The third kappa shape index (κ3) is 5.28. The summed E-state index contributed by atoms with van der Waals surface area (Å²) < 4.78 is 10.8. The van der Waals surface area contributed by atoms with E-state index in [0.29, 0.717) is 0 Å². The lowest BCUT2D eigenvalue weighted by Gasteiger charge is -2.37. The van der Waals surface area contributed by atoms with Crippen LogP contribution in [0.25, 0.3) is 0 Å². The van der Waals surface area contributed by atoms with Gasteiger partial charge in [-0.25, -0.2) is 0 Å². The number of amides is 1. The second-order valence-corrected chi connectivity index (χ2v) is 7.48. The average Bonchev–Trinajstić information content (AvgIpc) is 2.75. The molecule has 0 radical (unpaired) electrons. The third-order valence-electron chi connectivity index (χ3n) is 5.61. The Morgan fingerprint density at radius 3 is 2.28 bits per heavy atom. The monoisotopic (exact) mass is 397 g/mol. The first kappa shape index (κ1) is 21.1. The van der Waals surface area contributed by atoms with E-state index in [1.165, 1.54) is 11.1 Å². The molecule has 3 rings (SSSR count). The van der Waals surface area contributed by atoms with Crippen molar-refractivity contribution in [2.75, 3.05) is 45.7 Å². The van der Waals surface area contributed by atoms with Crippen molar-refractivity contribution >= 4 is 11.6 Å². The van der Waals surface area contributed by atoms with Crippen molar-refractivity contribution in [2.45, 2.75) is 26.4 Å². The van der Waals surface area contributed by atoms with E-state index in [1.54, 1.807) is 14.2 Å². The fourth-order valence-corrected chi connectivity index (χ4v) is 3.68. The highest BCUT2D eigenvalue weighted by Gasteiger charge is 2.26. The molecule has 156 valence electrons. The van der Waals surface area contributed by atoms with E-state index < -0.39 is 0 Å². The van der Waals surface area contributed by atoms with Gasteiger partial charge >= 0.3 is 0 Å². The molecule has 2 aromatic carbocycles. The maximum absolute atomic E-state index is 12.6. The molecule has 1 N–H and O–H groups in total. The number of carbonyl (C=O) groups is 1. The van der Waals surface area contributed by atoms with Gasteiger partial charge in [-0.05, 0) is 49.2 Å². The predicted octanol–water partition coefficient (Wildman–Crippen LogP) is 3.16. The number of methoxy groups -OCH3 is 2. The van der Waals surface area contributed by atoms with Crippen LogP contribution in [0.3, 0.4) is 0 Å². The number of nitrogens with zero attached hydrogens (tertiary/aromatic N) is 2. The molecule has 1 aliphatic heterocycles. The Bertz CT molecular complexity index is 818. The molecule has 0 aromatic heterocycles. The summed E-state index contributed by atoms with van der Waals surface area (Å²) in [4.78, 5) is 17.2. The van der Waals surface area contributed by atoms with Crippen LogP contribution in [0.2, 0.25) is 0 Å². The Morgan fingerprint density at radius 1 is 1.03 bits per heavy atom. The van der Waals surface area contributed by atoms with E-state index in [0.717, 1.165) is 49.9 Å². The number of aryl methyl sites for hydroxylation is 1. The number of nitrogens with one attached hydrogen (secondary N) is 1. The van der Waals surface area contributed by atoms with Gasteiger partial charge in [0.15, 0.2) is 11.5 Å². The fraction of sp³-hybridized carbons (Fsp3) is 0.435. The molecular formula is C23H31N3O3. The van der Waals surface area contributed by atoms with Gasteiger partial charge in [0.1, 0.15) is 0 Å². The lowest BCUT2D eigenvalue weighted by atomic mass is 10.1. The number of para-hydroxylation sites is 1. The van der Waals surface area contributed by atoms with Crippen LogP contribution in [0.4, 0.5) is 5.69 Å². The maximum atomic E-state index is 12.6. The molecule has 1 heterocycles. The van der Waals surface area contributed by atoms with Crippen molar-refractivity contribution in [3.05, 3.63) is 53.6 Å². The Labute approximate surface area is 173 Å². The first-order valence-corrected chi connectivity index (χ1v) is 10.1. The minimum Gasteiger partial charge on any atom is -0.493 e. The van der Waals surface area contributed by atoms with Crippen molar-refractivity contribution in [1.29, 1.82) is 0 Å². The summed E-state index contributed by atoms with van der Waals surface area (Å²) in [6.07, 6.45) is 0. The quantitative estimate of drug-likeness (QED) is 0.778. The van der Waals surface area contributed by atoms with Crippen LogP contribution in [0.15, 0.2) is 42.5 Å². The molecule has 1 amide bonds. The Balaban J connectivity index is 1.54. The van der Waals surface area contributed by atoms with E-state index >= 15 is 0 Å². The molecule has 0 spiro atoms. The number of hydrogen-bond acceptors (Lipinski definition) is 5. The molecule has 0 saturated carbocycles. The molecule has 6 heteroatoms. The van der Waals surface area contributed by atoms with Crippen molar-refractivity contribution < 1.29 is 14.3 Å². The van der Waals surface area contributed by atoms with Gasteiger partial charge in [0, 0.05) is 38.4 Å². The Kier molecular flexibility index (Phi) is 7.12. The van der Waals surface area contributed by atoms with Crippen LogP contribution in [-0.4, -0.2) is 62.1 Å². The van der Waals surface area contributed by atoms with E-state index in [-0.39, 0.29) is 11.9 Å². The first-order valence-electron chi connectivity index (χ1n) is 10.1. The van der Waals surface area contributed by atoms with E-state index in [1.807, 2.05) is 43.3 Å². The van der Waals surface area contributed by atoms with Crippen LogP contribution in [0.1, 0.15) is 18.1 Å². The summed E-state index contributed by atoms with van der Waals surface area (Å²) in [5.41, 5.74) is 3.28. The summed E-state index contributed by atoms with van der Waals surface area (Å²) in [5.74, 6) is 1.56. The summed E-state index contributed by atoms with van der Waals surface area (Å²) >= 11 is 0. The van der Waals surface area contributed by atoms with Crippen molar-refractivity contribution in [2.24, 2.45) is 0 Å². The summed E-state index contributed by atoms with van der Waals surface area (Å²) in [6, 6.07) is 13.6. The van der Waals surface area contributed by atoms with Crippen molar-refractivity contribution in [1.82, 2.24) is 9.80 Å². The summed E-state index contributed by atoms with van der Waals surface area (Å²) in [6.45, 7) is 8.54. The maximum Gasteiger partial charge on any atom is 0.241 e. The summed E-state index contributed by atoms with van der Waals surface area (Å²) in [7, 11) is 3.32. The standard InChI is InChI=1S/C23H31N3O3/c1-17-14-21(28-3)22(29-4)15-19(17)16-25-10-12-26(13-11-25)18(2)23(27)24-20-8-6-5-7-9-20/h5-9,14-15,18H,10-13,16H2,1-4H3,(H,24,27)/t18-/m1/s1. The number of ether oxygens (including phenoxy) is 2. The number of hydrogen-bond donors (Lipinski definition) is 1. The predicted molar refractivity (Wildman–Crippen MR) is 116 cm³/mol. The lowest BCUT2D eigenvalue weighted by Crippen LogP contribution is -2.52. The summed E-state index contributed by atoms with van der Waals surface area (Å²) in [5, 5.41) is 3.00. The number of piperazine rings is 1. The van der Waals surface area contributed by atoms with Gasteiger partial charge < -0.3 is 14.8 Å². The minimum atomic E-state index is -0.153.